The molecule has 1 aliphatic rings. The second-order valence-electron chi connectivity index (χ2n) is 7.58. The molecule has 0 bridgehead atoms. The van der Waals surface area contributed by atoms with Crippen LogP contribution >= 0.6 is 23.2 Å². The zero-order valence-corrected chi connectivity index (χ0v) is 19.2. The molecule has 1 heterocycles. The molecule has 1 saturated heterocycles. The van der Waals surface area contributed by atoms with Gasteiger partial charge in [0, 0.05) is 48.5 Å². The van der Waals surface area contributed by atoms with Crippen LogP contribution in [0, 0.1) is 0 Å². The summed E-state index contributed by atoms with van der Waals surface area (Å²) < 4.78 is 24.0. The average molecular weight is 467 g/mol. The predicted molar refractivity (Wildman–Crippen MR) is 124 cm³/mol. The number of anilines is 1. The molecule has 1 amide bonds. The van der Waals surface area contributed by atoms with Gasteiger partial charge < -0.3 is 9.80 Å². The number of carbonyl (C=O) groups excluding carboxylic acids is 1. The smallest absolute Gasteiger partial charge is 0.247 e. The molecule has 30 heavy (non-hydrogen) atoms. The summed E-state index contributed by atoms with van der Waals surface area (Å²) in [4.78, 5) is 16.7. The van der Waals surface area contributed by atoms with Crippen LogP contribution in [0.5, 0.6) is 0 Å². The van der Waals surface area contributed by atoms with E-state index in [-0.39, 0.29) is 23.5 Å². The van der Waals surface area contributed by atoms with Gasteiger partial charge in [-0.2, -0.15) is 0 Å². The fourth-order valence-electron chi connectivity index (χ4n) is 3.40. The highest BCUT2D eigenvalue weighted by Gasteiger charge is 2.34. The molecule has 0 aliphatic carbocycles. The summed E-state index contributed by atoms with van der Waals surface area (Å²) in [7, 11) is 0.795. The number of hydrogen-bond donors (Lipinski definition) is 0. The van der Waals surface area contributed by atoms with Crippen LogP contribution in [0.15, 0.2) is 48.5 Å². The van der Waals surface area contributed by atoms with Crippen molar-refractivity contribution in [2.75, 3.05) is 30.5 Å². The van der Waals surface area contributed by atoms with Crippen LogP contribution < -0.4 is 4.90 Å². The molecule has 0 aromatic heterocycles. The molecule has 0 radical (unpaired) electrons. The fourth-order valence-corrected chi connectivity index (χ4v) is 5.60. The van der Waals surface area contributed by atoms with E-state index < -0.39 is 9.84 Å². The lowest BCUT2D eigenvalue weighted by Crippen LogP contribution is -2.39. The van der Waals surface area contributed by atoms with Gasteiger partial charge in [-0.1, -0.05) is 41.4 Å². The van der Waals surface area contributed by atoms with Gasteiger partial charge in [0.25, 0.3) is 0 Å². The normalized spacial score (nSPS) is 17.9. The van der Waals surface area contributed by atoms with E-state index in [1.165, 1.54) is 6.08 Å². The highest BCUT2D eigenvalue weighted by atomic mass is 35.5. The SMILES string of the molecule is CN(C)c1ccc(CN(C(=O)/C=C/c2ccc(Cl)cc2Cl)[C@H]2CCS(=O)(=O)C2)cc1. The van der Waals surface area contributed by atoms with E-state index in [4.69, 9.17) is 23.2 Å². The van der Waals surface area contributed by atoms with Crippen LogP contribution in [0.25, 0.3) is 6.08 Å². The van der Waals surface area contributed by atoms with Gasteiger partial charge in [-0.15, -0.1) is 0 Å². The van der Waals surface area contributed by atoms with Crippen molar-refractivity contribution in [2.45, 2.75) is 19.0 Å². The first-order valence-corrected chi connectivity index (χ1v) is 12.1. The fraction of sp³-hybridized carbons (Fsp3) is 0.318. The van der Waals surface area contributed by atoms with E-state index in [0.29, 0.717) is 28.6 Å². The number of benzene rings is 2. The second-order valence-corrected chi connectivity index (χ2v) is 10.7. The van der Waals surface area contributed by atoms with E-state index in [9.17, 15) is 13.2 Å². The average Bonchev–Trinajstić information content (AvgIpc) is 3.05. The van der Waals surface area contributed by atoms with Crippen molar-refractivity contribution in [1.82, 2.24) is 4.90 Å². The van der Waals surface area contributed by atoms with E-state index in [1.54, 1.807) is 29.2 Å². The number of nitrogens with zero attached hydrogens (tertiary/aromatic N) is 2. The highest BCUT2D eigenvalue weighted by Crippen LogP contribution is 2.24. The number of carbonyl (C=O) groups is 1. The van der Waals surface area contributed by atoms with E-state index in [0.717, 1.165) is 11.3 Å². The lowest BCUT2D eigenvalue weighted by Gasteiger charge is -2.27. The molecule has 3 rings (SSSR count). The molecule has 0 N–H and O–H groups in total. The van der Waals surface area contributed by atoms with Gasteiger partial charge in [-0.3, -0.25) is 4.79 Å². The Hall–Kier alpha value is -2.02. The third kappa shape index (κ3) is 5.78. The van der Waals surface area contributed by atoms with Crippen molar-refractivity contribution in [2.24, 2.45) is 0 Å². The summed E-state index contributed by atoms with van der Waals surface area (Å²) in [6.45, 7) is 0.339. The summed E-state index contributed by atoms with van der Waals surface area (Å²) in [5, 5.41) is 0.961. The predicted octanol–water partition coefficient (Wildman–Crippen LogP) is 4.29. The van der Waals surface area contributed by atoms with Gasteiger partial charge >= 0.3 is 0 Å². The summed E-state index contributed by atoms with van der Waals surface area (Å²) in [5.41, 5.74) is 2.66. The first-order valence-electron chi connectivity index (χ1n) is 9.55. The van der Waals surface area contributed by atoms with Crippen LogP contribution in [-0.4, -0.2) is 50.9 Å². The topological polar surface area (TPSA) is 57.7 Å². The maximum Gasteiger partial charge on any atom is 0.247 e. The van der Waals surface area contributed by atoms with E-state index in [2.05, 4.69) is 0 Å². The molecular weight excluding hydrogens is 443 g/mol. The lowest BCUT2D eigenvalue weighted by atomic mass is 10.1. The lowest BCUT2D eigenvalue weighted by molar-refractivity contribution is -0.128. The number of halogens is 2. The minimum absolute atomic E-state index is 0.00986. The molecule has 0 spiro atoms. The van der Waals surface area contributed by atoms with Gasteiger partial charge in [0.15, 0.2) is 9.84 Å². The summed E-state index contributed by atoms with van der Waals surface area (Å²) in [5.74, 6) is -0.155. The van der Waals surface area contributed by atoms with Gasteiger partial charge in [0.2, 0.25) is 5.91 Å². The van der Waals surface area contributed by atoms with Crippen LogP contribution in [0.3, 0.4) is 0 Å². The molecule has 1 aliphatic heterocycles. The summed E-state index contributed by atoms with van der Waals surface area (Å²) >= 11 is 12.1. The zero-order valence-electron chi connectivity index (χ0n) is 16.9. The van der Waals surface area contributed by atoms with Crippen molar-refractivity contribution in [3.63, 3.8) is 0 Å². The van der Waals surface area contributed by atoms with E-state index >= 15 is 0 Å². The molecule has 8 heteroatoms. The Balaban J connectivity index is 1.83. The van der Waals surface area contributed by atoms with Gasteiger partial charge in [-0.05, 0) is 47.9 Å². The zero-order chi connectivity index (χ0) is 21.9. The molecule has 0 unspecified atom stereocenters. The summed E-state index contributed by atoms with van der Waals surface area (Å²) in [6.07, 6.45) is 3.51. The number of rotatable bonds is 6. The third-order valence-electron chi connectivity index (χ3n) is 5.11. The molecule has 1 fully saturated rings. The Morgan fingerprint density at radius 1 is 1.13 bits per heavy atom. The number of amides is 1. The maximum absolute atomic E-state index is 13.0. The first kappa shape index (κ1) is 22.7. The van der Waals surface area contributed by atoms with E-state index in [1.807, 2.05) is 43.3 Å². The molecule has 2 aromatic rings. The standard InChI is InChI=1S/C22H24Cl2N2O3S/c1-25(2)19-8-3-16(4-9-19)14-26(20-11-12-30(28,29)15-20)22(27)10-6-17-5-7-18(23)13-21(17)24/h3-10,13,20H,11-12,14-15H2,1-2H3/b10-6+/t20-/m0/s1. The van der Waals surface area contributed by atoms with Gasteiger partial charge in [-0.25, -0.2) is 8.42 Å². The Morgan fingerprint density at radius 3 is 2.40 bits per heavy atom. The van der Waals surface area contributed by atoms with Crippen LogP contribution in [-0.2, 0) is 21.2 Å². The van der Waals surface area contributed by atoms with Crippen molar-refractivity contribution in [3.8, 4) is 0 Å². The van der Waals surface area contributed by atoms with Crippen molar-refractivity contribution in [1.29, 1.82) is 0 Å². The minimum atomic E-state index is -3.12. The largest absolute Gasteiger partial charge is 0.378 e. The molecule has 2 aromatic carbocycles. The Morgan fingerprint density at radius 2 is 1.83 bits per heavy atom. The minimum Gasteiger partial charge on any atom is -0.378 e. The summed E-state index contributed by atoms with van der Waals surface area (Å²) in [6, 6.07) is 12.6. The molecule has 5 nitrogen and oxygen atoms in total. The molecule has 0 saturated carbocycles. The molecular formula is C22H24Cl2N2O3S. The van der Waals surface area contributed by atoms with Gasteiger partial charge in [0.1, 0.15) is 0 Å². The Kier molecular flexibility index (Phi) is 7.11. The van der Waals surface area contributed by atoms with Gasteiger partial charge in [0.05, 0.1) is 11.5 Å². The maximum atomic E-state index is 13.0. The number of sulfone groups is 1. The monoisotopic (exact) mass is 466 g/mol. The van der Waals surface area contributed by atoms with Crippen LogP contribution in [0.2, 0.25) is 10.0 Å². The Bertz CT molecular complexity index is 1050. The number of hydrogen-bond acceptors (Lipinski definition) is 4. The third-order valence-corrected chi connectivity index (χ3v) is 7.42. The first-order chi connectivity index (χ1) is 14.1. The van der Waals surface area contributed by atoms with Crippen molar-refractivity contribution < 1.29 is 13.2 Å². The Labute approximate surface area is 187 Å². The second kappa shape index (κ2) is 9.41. The molecule has 160 valence electrons. The van der Waals surface area contributed by atoms with Crippen molar-refractivity contribution >= 4 is 50.7 Å². The quantitative estimate of drug-likeness (QED) is 0.595. The molecule has 1 atom stereocenters. The van der Waals surface area contributed by atoms with Crippen LogP contribution in [0.4, 0.5) is 5.69 Å². The highest BCUT2D eigenvalue weighted by molar-refractivity contribution is 7.91. The van der Waals surface area contributed by atoms with Crippen molar-refractivity contribution in [3.05, 3.63) is 69.7 Å². The van der Waals surface area contributed by atoms with Crippen LogP contribution in [0.1, 0.15) is 17.5 Å².